The number of phosphoric acid groups is 1. The van der Waals surface area contributed by atoms with Gasteiger partial charge in [0.25, 0.3) is 0 Å². The van der Waals surface area contributed by atoms with Crippen LogP contribution in [0.3, 0.4) is 0 Å². The van der Waals surface area contributed by atoms with Gasteiger partial charge in [0, 0.05) is 12.8 Å². The van der Waals surface area contributed by atoms with E-state index >= 15 is 0 Å². The minimum atomic E-state index is -4.47. The van der Waals surface area contributed by atoms with Crippen LogP contribution in [0.4, 0.5) is 0 Å². The molecule has 0 saturated heterocycles. The van der Waals surface area contributed by atoms with Crippen molar-refractivity contribution in [3.05, 3.63) is 97.2 Å². The summed E-state index contributed by atoms with van der Waals surface area (Å²) in [5, 5.41) is 3.03. The van der Waals surface area contributed by atoms with Crippen molar-refractivity contribution in [3.8, 4) is 0 Å². The van der Waals surface area contributed by atoms with E-state index in [1.807, 2.05) is 33.3 Å². The Bertz CT molecular complexity index is 1720. The Morgan fingerprint density at radius 1 is 0.439 bits per heavy atom. The highest BCUT2D eigenvalue weighted by Crippen LogP contribution is 2.43. The number of likely N-dealkylation sites (N-methyl/N-ethyl adjacent to an activating group) is 1. The molecule has 0 spiro atoms. The molecule has 0 heterocycles. The first-order valence-corrected chi connectivity index (χ1v) is 35.6. The number of carbonyl (C=O) groups is 2. The van der Waals surface area contributed by atoms with E-state index in [0.29, 0.717) is 17.4 Å². The fourth-order valence-corrected chi connectivity index (χ4v) is 10.3. The maximum Gasteiger partial charge on any atom is 0.472 e. The van der Waals surface area contributed by atoms with Gasteiger partial charge in [0.1, 0.15) is 19.3 Å². The van der Waals surface area contributed by atoms with E-state index in [1.165, 1.54) is 173 Å². The minimum absolute atomic E-state index is 0.0266. The maximum atomic E-state index is 13.5. The van der Waals surface area contributed by atoms with Gasteiger partial charge >= 0.3 is 13.8 Å². The van der Waals surface area contributed by atoms with Crippen molar-refractivity contribution in [1.82, 2.24) is 5.32 Å². The molecule has 1 amide bonds. The van der Waals surface area contributed by atoms with Gasteiger partial charge in [-0.2, -0.15) is 0 Å². The van der Waals surface area contributed by atoms with Crippen molar-refractivity contribution in [2.24, 2.45) is 0 Å². The molecule has 0 bridgehead atoms. The molecule has 9 nitrogen and oxygen atoms in total. The smallest absolute Gasteiger partial charge is 0.456 e. The molecule has 0 aliphatic carbocycles. The molecule has 3 unspecified atom stereocenters. The predicted molar refractivity (Wildman–Crippen MR) is 355 cm³/mol. The molecule has 10 heteroatoms. The molecular weight excluding hydrogens is 1040 g/mol. The summed E-state index contributed by atoms with van der Waals surface area (Å²) in [4.78, 5) is 37.8. The molecule has 3 atom stereocenters. The number of carbonyl (C=O) groups excluding carboxylic acids is 2. The van der Waals surface area contributed by atoms with Crippen molar-refractivity contribution < 1.29 is 37.3 Å². The molecule has 2 N–H and O–H groups in total. The van der Waals surface area contributed by atoms with Crippen LogP contribution in [0.1, 0.15) is 297 Å². The Labute approximate surface area is 507 Å². The number of nitrogens with one attached hydrogen (secondary N) is 1. The van der Waals surface area contributed by atoms with Crippen molar-refractivity contribution >= 4 is 19.7 Å². The maximum absolute atomic E-state index is 13.5. The Kier molecular flexibility index (Phi) is 58.7. The number of allylic oxidation sites excluding steroid dienone is 15. The van der Waals surface area contributed by atoms with Crippen LogP contribution in [0.15, 0.2) is 97.2 Å². The highest BCUT2D eigenvalue weighted by Gasteiger charge is 2.30. The van der Waals surface area contributed by atoms with Crippen molar-refractivity contribution in [2.45, 2.75) is 309 Å². The summed E-state index contributed by atoms with van der Waals surface area (Å²) in [5.74, 6) is -0.570. The third-order valence-electron chi connectivity index (χ3n) is 14.8. The lowest BCUT2D eigenvalue weighted by atomic mass is 10.0. The second kappa shape index (κ2) is 61.0. The molecule has 0 fully saturated rings. The summed E-state index contributed by atoms with van der Waals surface area (Å²) < 4.78 is 30.7. The third kappa shape index (κ3) is 61.5. The summed E-state index contributed by atoms with van der Waals surface area (Å²) in [5.41, 5.74) is 0. The van der Waals surface area contributed by atoms with Gasteiger partial charge < -0.3 is 19.4 Å². The highest BCUT2D eigenvalue weighted by molar-refractivity contribution is 7.47. The Morgan fingerprint density at radius 2 is 0.793 bits per heavy atom. The summed E-state index contributed by atoms with van der Waals surface area (Å²) >= 11 is 0. The molecule has 0 aliphatic rings. The van der Waals surface area contributed by atoms with Gasteiger partial charge in [-0.1, -0.05) is 279 Å². The first-order chi connectivity index (χ1) is 39.9. The summed E-state index contributed by atoms with van der Waals surface area (Å²) in [6, 6.07) is -0.882. The topological polar surface area (TPSA) is 111 Å². The van der Waals surface area contributed by atoms with Crippen LogP contribution in [0.2, 0.25) is 0 Å². The second-order valence-corrected chi connectivity index (χ2v) is 25.4. The number of nitrogens with zero attached hydrogens (tertiary/aromatic N) is 1. The standard InChI is InChI=1S/C72H129N2O7P/c1-7-10-13-16-19-22-25-28-30-32-33-34-35-36-37-38-39-40-41-43-45-47-50-53-56-59-62-65-72(76)81-70(63-60-57-54-51-48-27-24-21-18-15-12-9-3)69(68-80-82(77,78)79-67-66-74(4,5)6)73-71(75)64-61-58-55-52-49-46-44-42-31-29-26-23-20-17-14-11-8-2/h11,14,19-20,22-23,28-31,44,46,52,55,60,63,69-70H,7-10,12-13,15-18,21,24-27,32-43,45,47-51,53-54,56-59,61-62,64-68H2,1-6H3,(H-,73,75,77,78)/p+1/b14-11-,22-19-,23-20-,30-28-,31-29-,46-44-,55-52-,63-60-. The first kappa shape index (κ1) is 78.9. The van der Waals surface area contributed by atoms with Crippen LogP contribution in [0.25, 0.3) is 0 Å². The van der Waals surface area contributed by atoms with Crippen LogP contribution in [0, 0.1) is 0 Å². The molecule has 0 radical (unpaired) electrons. The zero-order valence-corrected chi connectivity index (χ0v) is 55.1. The molecule has 82 heavy (non-hydrogen) atoms. The number of rotatable bonds is 61. The summed E-state index contributed by atoms with van der Waals surface area (Å²) in [7, 11) is 1.46. The van der Waals surface area contributed by atoms with Crippen LogP contribution in [-0.2, 0) is 27.9 Å². The molecule has 0 aromatic carbocycles. The second-order valence-electron chi connectivity index (χ2n) is 24.0. The first-order valence-electron chi connectivity index (χ1n) is 34.1. The molecule has 0 aromatic heterocycles. The molecule has 474 valence electrons. The van der Waals surface area contributed by atoms with Gasteiger partial charge in [0.05, 0.1) is 33.8 Å². The Balaban J connectivity index is 5.10. The molecule has 0 rings (SSSR count). The van der Waals surface area contributed by atoms with Gasteiger partial charge in [-0.15, -0.1) is 0 Å². The van der Waals surface area contributed by atoms with Crippen LogP contribution < -0.4 is 5.32 Å². The van der Waals surface area contributed by atoms with E-state index in [0.717, 1.165) is 83.5 Å². The van der Waals surface area contributed by atoms with Crippen molar-refractivity contribution in [1.29, 1.82) is 0 Å². The van der Waals surface area contributed by atoms with Gasteiger partial charge in [-0.05, 0) is 102 Å². The van der Waals surface area contributed by atoms with Crippen LogP contribution in [-0.4, -0.2) is 74.3 Å². The molecule has 0 aromatic rings. The van der Waals surface area contributed by atoms with Gasteiger partial charge in [-0.25, -0.2) is 4.57 Å². The van der Waals surface area contributed by atoms with E-state index in [2.05, 4.69) is 111 Å². The van der Waals surface area contributed by atoms with Crippen molar-refractivity contribution in [3.63, 3.8) is 0 Å². The molecular formula is C72H130N2O7P+. The number of unbranched alkanes of at least 4 members (excludes halogenated alkanes) is 31. The van der Waals surface area contributed by atoms with Gasteiger partial charge in [-0.3, -0.25) is 18.6 Å². The number of hydrogen-bond donors (Lipinski definition) is 2. The van der Waals surface area contributed by atoms with Crippen molar-refractivity contribution in [2.75, 3.05) is 40.9 Å². The number of phosphoric ester groups is 1. The number of esters is 1. The third-order valence-corrected chi connectivity index (χ3v) is 15.7. The fourth-order valence-electron chi connectivity index (χ4n) is 9.54. The lowest BCUT2D eigenvalue weighted by molar-refractivity contribution is -0.870. The largest absolute Gasteiger partial charge is 0.472 e. The number of amides is 1. The monoisotopic (exact) mass is 1170 g/mol. The van der Waals surface area contributed by atoms with E-state index in [4.69, 9.17) is 13.8 Å². The zero-order valence-electron chi connectivity index (χ0n) is 54.2. The Hall–Kier alpha value is -3.07. The number of hydrogen-bond acceptors (Lipinski definition) is 6. The van der Waals surface area contributed by atoms with E-state index < -0.39 is 20.0 Å². The summed E-state index contributed by atoms with van der Waals surface area (Å²) in [6.07, 6.45) is 82.9. The summed E-state index contributed by atoms with van der Waals surface area (Å²) in [6.45, 7) is 6.84. The van der Waals surface area contributed by atoms with E-state index in [-0.39, 0.29) is 37.9 Å². The number of ether oxygens (including phenoxy) is 1. The van der Waals surface area contributed by atoms with Gasteiger partial charge in [0.15, 0.2) is 0 Å². The number of quaternary nitrogens is 1. The van der Waals surface area contributed by atoms with E-state index in [9.17, 15) is 19.0 Å². The fraction of sp³-hybridized carbons (Fsp3) is 0.750. The molecule has 0 aliphatic heterocycles. The average Bonchev–Trinajstić information content (AvgIpc) is 3.44. The quantitative estimate of drug-likeness (QED) is 0.0205. The van der Waals surface area contributed by atoms with Gasteiger partial charge in [0.2, 0.25) is 5.91 Å². The average molecular weight is 1170 g/mol. The Morgan fingerprint density at radius 3 is 1.22 bits per heavy atom. The lowest BCUT2D eigenvalue weighted by Crippen LogP contribution is -2.47. The van der Waals surface area contributed by atoms with E-state index in [1.54, 1.807) is 0 Å². The highest BCUT2D eigenvalue weighted by atomic mass is 31.2. The lowest BCUT2D eigenvalue weighted by Gasteiger charge is -2.27. The predicted octanol–water partition coefficient (Wildman–Crippen LogP) is 21.5. The van der Waals surface area contributed by atoms with Crippen LogP contribution in [0.5, 0.6) is 0 Å². The normalized spacial score (nSPS) is 14.2. The SMILES string of the molecule is CC/C=C\C/C=C\C/C=C\C/C=C\C/C=C\CCCC(=O)NC(COP(=O)(O)OCC[N+](C)(C)C)C(/C=C\CCCCCCCCCCCC)OC(=O)CCCCCCCCCCCCCCCCCCC/C=C\C/C=C\CCCCC. The minimum Gasteiger partial charge on any atom is -0.456 e. The molecule has 0 saturated carbocycles. The zero-order chi connectivity index (χ0) is 60.0. The van der Waals surface area contributed by atoms with Crippen LogP contribution >= 0.6 is 7.82 Å².